The second kappa shape index (κ2) is 6.58. The van der Waals surface area contributed by atoms with Crippen LogP contribution in [0.3, 0.4) is 0 Å². The lowest BCUT2D eigenvalue weighted by molar-refractivity contribution is -0.138. The molecular formula is C9H10Br3NO3. The van der Waals surface area contributed by atoms with Gasteiger partial charge in [0.1, 0.15) is 11.8 Å². The Hall–Kier alpha value is -0.110. The molecule has 0 aliphatic rings. The van der Waals surface area contributed by atoms with Crippen LogP contribution in [0, 0.1) is 0 Å². The maximum atomic E-state index is 10.5. The number of benzene rings is 1. The smallest absolute Gasteiger partial charge is 0.320 e. The van der Waals surface area contributed by atoms with Crippen LogP contribution in [-0.2, 0) is 11.2 Å². The normalized spacial score (nSPS) is 11.7. The van der Waals surface area contributed by atoms with Crippen LogP contribution in [0.1, 0.15) is 5.56 Å². The number of phenols is 1. The van der Waals surface area contributed by atoms with Gasteiger partial charge in [0.25, 0.3) is 0 Å². The molecule has 0 bridgehead atoms. The summed E-state index contributed by atoms with van der Waals surface area (Å²) in [5.74, 6) is -0.960. The minimum atomic E-state index is -1.05. The second-order valence-electron chi connectivity index (χ2n) is 3.06. The van der Waals surface area contributed by atoms with E-state index in [9.17, 15) is 9.90 Å². The van der Waals surface area contributed by atoms with E-state index in [2.05, 4.69) is 31.9 Å². The molecule has 1 aromatic rings. The highest BCUT2D eigenvalue weighted by Crippen LogP contribution is 2.33. The highest BCUT2D eigenvalue weighted by molar-refractivity contribution is 9.11. The van der Waals surface area contributed by atoms with Crippen LogP contribution < -0.4 is 5.73 Å². The predicted octanol–water partition coefficient (Wildman–Crippen LogP) is 2.45. The molecule has 0 saturated heterocycles. The van der Waals surface area contributed by atoms with Gasteiger partial charge in [0, 0.05) is 0 Å². The number of carboxylic acid groups (broad SMARTS) is 1. The van der Waals surface area contributed by atoms with Gasteiger partial charge in [-0.2, -0.15) is 0 Å². The Kier molecular flexibility index (Phi) is 6.54. The molecule has 0 aliphatic heterocycles. The zero-order chi connectivity index (χ0) is 11.6. The summed E-state index contributed by atoms with van der Waals surface area (Å²) in [5.41, 5.74) is 6.13. The Bertz CT molecular complexity index is 375. The van der Waals surface area contributed by atoms with Crippen LogP contribution in [0.4, 0.5) is 0 Å². The molecule has 0 aliphatic carbocycles. The molecule has 7 heteroatoms. The number of hydrogen-bond acceptors (Lipinski definition) is 3. The van der Waals surface area contributed by atoms with Crippen LogP contribution in [-0.4, -0.2) is 22.2 Å². The average Bonchev–Trinajstić information content (AvgIpc) is 2.13. The maximum Gasteiger partial charge on any atom is 0.320 e. The second-order valence-corrected chi connectivity index (χ2v) is 4.77. The molecule has 0 aromatic heterocycles. The first-order chi connectivity index (χ1) is 6.91. The molecule has 0 amide bonds. The van der Waals surface area contributed by atoms with E-state index in [0.717, 1.165) is 5.56 Å². The average molecular weight is 420 g/mol. The third-order valence-corrected chi connectivity index (χ3v) is 3.06. The number of nitrogens with two attached hydrogens (primary N) is 1. The number of carboxylic acids is 1. The summed E-state index contributed by atoms with van der Waals surface area (Å²) in [6.45, 7) is 0. The Labute approximate surface area is 120 Å². The van der Waals surface area contributed by atoms with Gasteiger partial charge in [-0.3, -0.25) is 4.79 Å². The predicted molar refractivity (Wildman–Crippen MR) is 73.1 cm³/mol. The summed E-state index contributed by atoms with van der Waals surface area (Å²) in [6.07, 6.45) is 0.215. The largest absolute Gasteiger partial charge is 0.506 e. The van der Waals surface area contributed by atoms with Crippen molar-refractivity contribution in [1.29, 1.82) is 0 Å². The summed E-state index contributed by atoms with van der Waals surface area (Å²) in [7, 11) is 0. The number of rotatable bonds is 3. The molecule has 1 aromatic carbocycles. The molecule has 0 heterocycles. The molecule has 0 radical (unpaired) electrons. The molecule has 4 nitrogen and oxygen atoms in total. The minimum absolute atomic E-state index is 0. The Morgan fingerprint density at radius 1 is 1.38 bits per heavy atom. The summed E-state index contributed by atoms with van der Waals surface area (Å²) < 4.78 is 1.01. The van der Waals surface area contributed by atoms with E-state index in [-0.39, 0.29) is 29.2 Å². The molecular weight excluding hydrogens is 410 g/mol. The third kappa shape index (κ3) is 4.04. The van der Waals surface area contributed by atoms with Crippen molar-refractivity contribution in [3.05, 3.63) is 26.6 Å². The fourth-order valence-corrected chi connectivity index (χ4v) is 2.36. The van der Waals surface area contributed by atoms with Crippen molar-refractivity contribution in [3.63, 3.8) is 0 Å². The van der Waals surface area contributed by atoms with E-state index in [1.54, 1.807) is 12.1 Å². The molecule has 90 valence electrons. The lowest BCUT2D eigenvalue weighted by atomic mass is 10.1. The van der Waals surface area contributed by atoms with E-state index < -0.39 is 12.0 Å². The number of hydrogen-bond donors (Lipinski definition) is 3. The minimum Gasteiger partial charge on any atom is -0.506 e. The van der Waals surface area contributed by atoms with Gasteiger partial charge in [-0.05, 0) is 56.0 Å². The molecule has 1 atom stereocenters. The van der Waals surface area contributed by atoms with Gasteiger partial charge in [-0.1, -0.05) is 0 Å². The van der Waals surface area contributed by atoms with Gasteiger partial charge in [-0.15, -0.1) is 17.0 Å². The van der Waals surface area contributed by atoms with Crippen molar-refractivity contribution in [2.75, 3.05) is 0 Å². The van der Waals surface area contributed by atoms with Crippen molar-refractivity contribution in [1.82, 2.24) is 0 Å². The van der Waals surface area contributed by atoms with Crippen LogP contribution >= 0.6 is 48.8 Å². The highest BCUT2D eigenvalue weighted by Gasteiger charge is 2.14. The lowest BCUT2D eigenvalue weighted by Crippen LogP contribution is -2.32. The van der Waals surface area contributed by atoms with E-state index in [1.165, 1.54) is 0 Å². The number of phenolic OH excluding ortho intramolecular Hbond substituents is 1. The summed E-state index contributed by atoms with van der Waals surface area (Å²) in [6, 6.07) is 2.35. The topological polar surface area (TPSA) is 83.5 Å². The monoisotopic (exact) mass is 417 g/mol. The highest BCUT2D eigenvalue weighted by atomic mass is 79.9. The van der Waals surface area contributed by atoms with Crippen molar-refractivity contribution in [2.45, 2.75) is 12.5 Å². The molecule has 0 fully saturated rings. The standard InChI is InChI=1S/C9H9Br2NO3.BrH/c10-5-1-4(2-6(11)8(5)13)3-7(12)9(14)15;/h1-2,7,13H,3,12H2,(H,14,15);1H/t7-;/m1./s1. The third-order valence-electron chi connectivity index (χ3n) is 1.85. The van der Waals surface area contributed by atoms with Gasteiger partial charge in [0.05, 0.1) is 8.95 Å². The first-order valence-corrected chi connectivity index (χ1v) is 5.65. The van der Waals surface area contributed by atoms with Gasteiger partial charge < -0.3 is 15.9 Å². The zero-order valence-corrected chi connectivity index (χ0v) is 12.9. The molecule has 4 N–H and O–H groups in total. The van der Waals surface area contributed by atoms with Gasteiger partial charge >= 0.3 is 5.97 Å². The molecule has 16 heavy (non-hydrogen) atoms. The Balaban J connectivity index is 0.00000225. The summed E-state index contributed by atoms with van der Waals surface area (Å²) in [4.78, 5) is 10.5. The maximum absolute atomic E-state index is 10.5. The van der Waals surface area contributed by atoms with Crippen LogP contribution in [0.2, 0.25) is 0 Å². The SMILES string of the molecule is Br.N[C@H](Cc1cc(Br)c(O)c(Br)c1)C(=O)O. The van der Waals surface area contributed by atoms with Crippen molar-refractivity contribution < 1.29 is 15.0 Å². The number of aromatic hydroxyl groups is 1. The quantitative estimate of drug-likeness (QED) is 0.702. The fourth-order valence-electron chi connectivity index (χ4n) is 1.08. The van der Waals surface area contributed by atoms with Crippen molar-refractivity contribution >= 4 is 54.8 Å². The summed E-state index contributed by atoms with van der Waals surface area (Å²) in [5, 5.41) is 18.1. The van der Waals surface area contributed by atoms with Gasteiger partial charge in [0.2, 0.25) is 0 Å². The first kappa shape index (κ1) is 15.9. The fraction of sp³-hybridized carbons (Fsp3) is 0.222. The van der Waals surface area contributed by atoms with Crippen LogP contribution in [0.5, 0.6) is 5.75 Å². The van der Waals surface area contributed by atoms with Gasteiger partial charge in [-0.25, -0.2) is 0 Å². The number of aliphatic carboxylic acids is 1. The Morgan fingerprint density at radius 3 is 2.19 bits per heavy atom. The van der Waals surface area contributed by atoms with Crippen molar-refractivity contribution in [2.24, 2.45) is 5.73 Å². The Morgan fingerprint density at radius 2 is 1.81 bits per heavy atom. The molecule has 0 spiro atoms. The van der Waals surface area contributed by atoms with E-state index >= 15 is 0 Å². The molecule has 0 saturated carbocycles. The van der Waals surface area contributed by atoms with E-state index in [1.807, 2.05) is 0 Å². The van der Waals surface area contributed by atoms with Crippen molar-refractivity contribution in [3.8, 4) is 5.75 Å². The summed E-state index contributed by atoms with van der Waals surface area (Å²) >= 11 is 6.31. The van der Waals surface area contributed by atoms with E-state index in [0.29, 0.717) is 8.95 Å². The van der Waals surface area contributed by atoms with Crippen LogP contribution in [0.15, 0.2) is 21.1 Å². The number of halogens is 3. The van der Waals surface area contributed by atoms with Gasteiger partial charge in [0.15, 0.2) is 0 Å². The lowest BCUT2D eigenvalue weighted by Gasteiger charge is -2.08. The van der Waals surface area contributed by atoms with E-state index in [4.69, 9.17) is 10.8 Å². The molecule has 1 rings (SSSR count). The first-order valence-electron chi connectivity index (χ1n) is 4.07. The zero-order valence-electron chi connectivity index (χ0n) is 7.98. The van der Waals surface area contributed by atoms with Crippen LogP contribution in [0.25, 0.3) is 0 Å². The molecule has 0 unspecified atom stereocenters. The number of carbonyl (C=O) groups is 1.